The number of hydrogen-bond donors (Lipinski definition) is 0. The van der Waals surface area contributed by atoms with Gasteiger partial charge in [0.25, 0.3) is 5.95 Å². The smallest absolute Gasteiger partial charge is 0.272 e. The van der Waals surface area contributed by atoms with E-state index in [1.807, 2.05) is 30.3 Å². The van der Waals surface area contributed by atoms with Crippen molar-refractivity contribution in [2.24, 2.45) is 0 Å². The topological polar surface area (TPSA) is 18.5 Å². The lowest BCUT2D eigenvalue weighted by molar-refractivity contribution is 0.145. The molecule has 2 heteroatoms. The lowest BCUT2D eigenvalue weighted by atomic mass is 10.1. The average molecular weight is 162 g/mol. The minimum Gasteiger partial charge on any atom is -0.462 e. The highest BCUT2D eigenvalue weighted by Gasteiger charge is 2.21. The summed E-state index contributed by atoms with van der Waals surface area (Å²) in [6.07, 6.45) is 0.0266. The van der Waals surface area contributed by atoms with Crippen molar-refractivity contribution in [1.82, 2.24) is 0 Å². The summed E-state index contributed by atoms with van der Waals surface area (Å²) in [5, 5.41) is 0. The van der Waals surface area contributed by atoms with E-state index < -0.39 is 0 Å². The third kappa shape index (κ3) is 1.28. The highest BCUT2D eigenvalue weighted by atomic mass is 16.7. The SMILES string of the molecule is C=C1OC[C@H](c2ccccc2)O1. The van der Waals surface area contributed by atoms with Gasteiger partial charge in [-0.1, -0.05) is 30.3 Å². The van der Waals surface area contributed by atoms with Crippen molar-refractivity contribution in [2.75, 3.05) is 6.61 Å². The van der Waals surface area contributed by atoms with Crippen LogP contribution in [0.4, 0.5) is 0 Å². The summed E-state index contributed by atoms with van der Waals surface area (Å²) in [7, 11) is 0. The summed E-state index contributed by atoms with van der Waals surface area (Å²) in [5.41, 5.74) is 1.14. The normalized spacial score (nSPS) is 21.7. The van der Waals surface area contributed by atoms with Crippen molar-refractivity contribution in [1.29, 1.82) is 0 Å². The van der Waals surface area contributed by atoms with Gasteiger partial charge in [-0.25, -0.2) is 0 Å². The first kappa shape index (κ1) is 7.22. The van der Waals surface area contributed by atoms with Gasteiger partial charge in [0.05, 0.1) is 0 Å². The monoisotopic (exact) mass is 162 g/mol. The highest BCUT2D eigenvalue weighted by Crippen LogP contribution is 2.26. The predicted octanol–water partition coefficient (Wildman–Crippen LogP) is 2.25. The molecule has 0 radical (unpaired) electrons. The standard InChI is InChI=1S/C10H10O2/c1-8-11-7-10(12-8)9-5-3-2-4-6-9/h2-6,10H,1,7H2/t10-/m1/s1. The molecule has 2 nitrogen and oxygen atoms in total. The molecule has 0 unspecified atom stereocenters. The number of benzene rings is 1. The molecule has 1 fully saturated rings. The largest absolute Gasteiger partial charge is 0.462 e. The van der Waals surface area contributed by atoms with Crippen molar-refractivity contribution in [2.45, 2.75) is 6.10 Å². The summed E-state index contributed by atoms with van der Waals surface area (Å²) in [6, 6.07) is 9.99. The summed E-state index contributed by atoms with van der Waals surface area (Å²) in [6.45, 7) is 4.16. The van der Waals surface area contributed by atoms with Gasteiger partial charge in [0.1, 0.15) is 6.61 Å². The van der Waals surface area contributed by atoms with Crippen LogP contribution in [-0.4, -0.2) is 6.61 Å². The minimum absolute atomic E-state index is 0.0266. The van der Waals surface area contributed by atoms with Crippen molar-refractivity contribution in [3.8, 4) is 0 Å². The van der Waals surface area contributed by atoms with E-state index >= 15 is 0 Å². The molecule has 0 amide bonds. The first-order valence-corrected chi connectivity index (χ1v) is 3.89. The fourth-order valence-corrected chi connectivity index (χ4v) is 1.23. The first-order chi connectivity index (χ1) is 5.86. The first-order valence-electron chi connectivity index (χ1n) is 3.89. The molecule has 1 aromatic carbocycles. The summed E-state index contributed by atoms with van der Waals surface area (Å²) in [4.78, 5) is 0. The lowest BCUT2D eigenvalue weighted by Gasteiger charge is -2.05. The number of hydrogen-bond acceptors (Lipinski definition) is 2. The molecule has 0 N–H and O–H groups in total. The Kier molecular flexibility index (Phi) is 1.74. The molecule has 1 saturated heterocycles. The van der Waals surface area contributed by atoms with Crippen LogP contribution < -0.4 is 0 Å². The van der Waals surface area contributed by atoms with E-state index in [4.69, 9.17) is 9.47 Å². The molecule has 12 heavy (non-hydrogen) atoms. The minimum atomic E-state index is 0.0266. The van der Waals surface area contributed by atoms with E-state index in [9.17, 15) is 0 Å². The van der Waals surface area contributed by atoms with E-state index in [0.29, 0.717) is 12.6 Å². The second-order valence-corrected chi connectivity index (χ2v) is 2.70. The Bertz CT molecular complexity index is 279. The van der Waals surface area contributed by atoms with Crippen molar-refractivity contribution in [3.05, 3.63) is 48.4 Å². The Morgan fingerprint density at radius 1 is 1.25 bits per heavy atom. The predicted molar refractivity (Wildman–Crippen MR) is 45.4 cm³/mol. The Morgan fingerprint density at radius 3 is 2.58 bits per heavy atom. The van der Waals surface area contributed by atoms with Gasteiger partial charge in [0.15, 0.2) is 6.10 Å². The van der Waals surface area contributed by atoms with E-state index in [-0.39, 0.29) is 6.10 Å². The Morgan fingerprint density at radius 2 is 2.00 bits per heavy atom. The van der Waals surface area contributed by atoms with Crippen LogP contribution in [0.25, 0.3) is 0 Å². The van der Waals surface area contributed by atoms with Gasteiger partial charge in [0, 0.05) is 0 Å². The van der Waals surface area contributed by atoms with Gasteiger partial charge < -0.3 is 9.47 Å². The van der Waals surface area contributed by atoms with Crippen LogP contribution in [0.5, 0.6) is 0 Å². The van der Waals surface area contributed by atoms with Crippen LogP contribution in [0, 0.1) is 0 Å². The fraction of sp³-hybridized carbons (Fsp3) is 0.200. The molecule has 2 rings (SSSR count). The zero-order chi connectivity index (χ0) is 8.39. The van der Waals surface area contributed by atoms with Crippen LogP contribution >= 0.6 is 0 Å². The molecular formula is C10H10O2. The molecule has 0 spiro atoms. The molecule has 1 aliphatic rings. The molecule has 1 aliphatic heterocycles. The van der Waals surface area contributed by atoms with Crippen LogP contribution in [0.1, 0.15) is 11.7 Å². The maximum Gasteiger partial charge on any atom is 0.272 e. The molecule has 1 aromatic rings. The Balaban J connectivity index is 2.16. The van der Waals surface area contributed by atoms with Crippen LogP contribution in [0.3, 0.4) is 0 Å². The average Bonchev–Trinajstić information content (AvgIpc) is 2.54. The Labute approximate surface area is 71.4 Å². The molecule has 0 saturated carbocycles. The second kappa shape index (κ2) is 2.89. The quantitative estimate of drug-likeness (QED) is 0.630. The van der Waals surface area contributed by atoms with Gasteiger partial charge >= 0.3 is 0 Å². The van der Waals surface area contributed by atoms with Crippen molar-refractivity contribution in [3.63, 3.8) is 0 Å². The maximum atomic E-state index is 5.33. The van der Waals surface area contributed by atoms with Crippen molar-refractivity contribution >= 4 is 0 Å². The summed E-state index contributed by atoms with van der Waals surface area (Å²) >= 11 is 0. The summed E-state index contributed by atoms with van der Waals surface area (Å²) in [5.74, 6) is 0.420. The van der Waals surface area contributed by atoms with Gasteiger partial charge in [-0.15, -0.1) is 0 Å². The zero-order valence-corrected chi connectivity index (χ0v) is 6.69. The van der Waals surface area contributed by atoms with Crippen molar-refractivity contribution < 1.29 is 9.47 Å². The van der Waals surface area contributed by atoms with E-state index in [1.54, 1.807) is 0 Å². The molecule has 0 aliphatic carbocycles. The van der Waals surface area contributed by atoms with E-state index in [0.717, 1.165) is 5.56 Å². The number of ether oxygens (including phenoxy) is 2. The van der Waals surface area contributed by atoms with Gasteiger partial charge in [-0.05, 0) is 12.1 Å². The second-order valence-electron chi connectivity index (χ2n) is 2.70. The zero-order valence-electron chi connectivity index (χ0n) is 6.69. The van der Waals surface area contributed by atoms with Crippen LogP contribution in [0.2, 0.25) is 0 Å². The van der Waals surface area contributed by atoms with Gasteiger partial charge in [-0.2, -0.15) is 0 Å². The third-order valence-corrected chi connectivity index (χ3v) is 1.84. The van der Waals surface area contributed by atoms with Gasteiger partial charge in [0.2, 0.25) is 0 Å². The Hall–Kier alpha value is -1.44. The lowest BCUT2D eigenvalue weighted by Crippen LogP contribution is -1.98. The van der Waals surface area contributed by atoms with E-state index in [1.165, 1.54) is 0 Å². The maximum absolute atomic E-state index is 5.33. The van der Waals surface area contributed by atoms with Crippen LogP contribution in [0.15, 0.2) is 42.9 Å². The van der Waals surface area contributed by atoms with E-state index in [2.05, 4.69) is 6.58 Å². The molecule has 1 heterocycles. The third-order valence-electron chi connectivity index (χ3n) is 1.84. The summed E-state index contributed by atoms with van der Waals surface area (Å²) < 4.78 is 10.4. The molecule has 0 aromatic heterocycles. The van der Waals surface area contributed by atoms with Crippen LogP contribution in [-0.2, 0) is 9.47 Å². The molecule has 62 valence electrons. The molecular weight excluding hydrogens is 152 g/mol. The highest BCUT2D eigenvalue weighted by molar-refractivity contribution is 5.18. The van der Waals surface area contributed by atoms with Gasteiger partial charge in [-0.3, -0.25) is 0 Å². The number of rotatable bonds is 1. The fourth-order valence-electron chi connectivity index (χ4n) is 1.23. The molecule has 1 atom stereocenters. The molecule has 0 bridgehead atoms.